The fourth-order valence-corrected chi connectivity index (χ4v) is 1.81. The number of amides is 1. The molecule has 0 spiro atoms. The van der Waals surface area contributed by atoms with E-state index in [-0.39, 0.29) is 18.0 Å². The van der Waals surface area contributed by atoms with Crippen molar-refractivity contribution in [2.45, 2.75) is 0 Å². The maximum atomic E-state index is 11.7. The SMILES string of the molecule is COc1cccc(/C=N/NC(=O)COc2ccccc2[N+](=O)[O-])c1. The summed E-state index contributed by atoms with van der Waals surface area (Å²) in [5.41, 5.74) is 2.82. The van der Waals surface area contributed by atoms with Crippen LogP contribution in [0.1, 0.15) is 5.56 Å². The summed E-state index contributed by atoms with van der Waals surface area (Å²) in [6, 6.07) is 12.9. The van der Waals surface area contributed by atoms with Gasteiger partial charge in [0.15, 0.2) is 12.4 Å². The fraction of sp³-hybridized carbons (Fsp3) is 0.125. The molecule has 0 radical (unpaired) electrons. The first-order valence-electron chi connectivity index (χ1n) is 6.92. The van der Waals surface area contributed by atoms with Crippen LogP contribution in [0.3, 0.4) is 0 Å². The van der Waals surface area contributed by atoms with Gasteiger partial charge in [-0.25, -0.2) is 5.43 Å². The first-order chi connectivity index (χ1) is 11.6. The van der Waals surface area contributed by atoms with Crippen LogP contribution in [0, 0.1) is 10.1 Å². The normalized spacial score (nSPS) is 10.4. The van der Waals surface area contributed by atoms with Gasteiger partial charge in [0.1, 0.15) is 5.75 Å². The minimum atomic E-state index is -0.575. The molecule has 0 unspecified atom stereocenters. The molecule has 8 nitrogen and oxygen atoms in total. The van der Waals surface area contributed by atoms with Gasteiger partial charge in [0.05, 0.1) is 18.2 Å². The molecule has 0 aliphatic carbocycles. The van der Waals surface area contributed by atoms with Crippen LogP contribution >= 0.6 is 0 Å². The minimum absolute atomic E-state index is 0.0226. The number of rotatable bonds is 7. The van der Waals surface area contributed by atoms with Crippen molar-refractivity contribution in [2.24, 2.45) is 5.10 Å². The van der Waals surface area contributed by atoms with E-state index in [9.17, 15) is 14.9 Å². The molecule has 0 aromatic heterocycles. The Morgan fingerprint density at radius 1 is 1.29 bits per heavy atom. The van der Waals surface area contributed by atoms with Gasteiger partial charge in [0.25, 0.3) is 5.91 Å². The highest BCUT2D eigenvalue weighted by molar-refractivity contribution is 5.83. The number of nitrogens with zero attached hydrogens (tertiary/aromatic N) is 2. The maximum absolute atomic E-state index is 11.7. The number of hydrogen-bond donors (Lipinski definition) is 1. The number of nitro benzene ring substituents is 1. The topological polar surface area (TPSA) is 103 Å². The maximum Gasteiger partial charge on any atom is 0.310 e. The number of nitro groups is 1. The summed E-state index contributed by atoms with van der Waals surface area (Å²) in [5, 5.41) is 14.6. The highest BCUT2D eigenvalue weighted by Crippen LogP contribution is 2.25. The van der Waals surface area contributed by atoms with Gasteiger partial charge in [0, 0.05) is 6.07 Å². The lowest BCUT2D eigenvalue weighted by atomic mass is 10.2. The molecular formula is C16H15N3O5. The van der Waals surface area contributed by atoms with E-state index in [4.69, 9.17) is 9.47 Å². The third-order valence-electron chi connectivity index (χ3n) is 2.92. The second-order valence-electron chi connectivity index (χ2n) is 4.58. The predicted molar refractivity (Wildman–Crippen MR) is 87.3 cm³/mol. The van der Waals surface area contributed by atoms with Gasteiger partial charge in [-0.3, -0.25) is 14.9 Å². The zero-order valence-electron chi connectivity index (χ0n) is 12.8. The van der Waals surface area contributed by atoms with E-state index in [1.54, 1.807) is 37.4 Å². The summed E-state index contributed by atoms with van der Waals surface area (Å²) in [6.07, 6.45) is 1.45. The van der Waals surface area contributed by atoms with Crippen LogP contribution in [0.15, 0.2) is 53.6 Å². The van der Waals surface area contributed by atoms with E-state index < -0.39 is 10.8 Å². The van der Waals surface area contributed by atoms with Crippen LogP contribution in [-0.2, 0) is 4.79 Å². The Bertz CT molecular complexity index is 761. The van der Waals surface area contributed by atoms with Crippen molar-refractivity contribution in [1.29, 1.82) is 0 Å². The van der Waals surface area contributed by atoms with Crippen molar-refractivity contribution >= 4 is 17.8 Å². The summed E-state index contributed by atoms with van der Waals surface area (Å²) in [6.45, 7) is -0.389. The van der Waals surface area contributed by atoms with Crippen LogP contribution < -0.4 is 14.9 Å². The van der Waals surface area contributed by atoms with Crippen LogP contribution in [0.25, 0.3) is 0 Å². The number of benzene rings is 2. The molecule has 2 rings (SSSR count). The molecule has 0 heterocycles. The summed E-state index contributed by atoms with van der Waals surface area (Å²) >= 11 is 0. The Morgan fingerprint density at radius 3 is 2.83 bits per heavy atom. The van der Waals surface area contributed by atoms with Crippen molar-refractivity contribution in [3.05, 3.63) is 64.2 Å². The number of carbonyl (C=O) groups is 1. The summed E-state index contributed by atoms with van der Waals surface area (Å²) in [7, 11) is 1.55. The predicted octanol–water partition coefficient (Wildman–Crippen LogP) is 2.13. The van der Waals surface area contributed by atoms with Gasteiger partial charge >= 0.3 is 5.69 Å². The van der Waals surface area contributed by atoms with E-state index >= 15 is 0 Å². The zero-order chi connectivity index (χ0) is 17.4. The Labute approximate surface area is 137 Å². The van der Waals surface area contributed by atoms with Crippen LogP contribution in [0.5, 0.6) is 11.5 Å². The molecule has 0 saturated heterocycles. The van der Waals surface area contributed by atoms with Crippen molar-refractivity contribution < 1.29 is 19.2 Å². The lowest BCUT2D eigenvalue weighted by Crippen LogP contribution is -2.24. The van der Waals surface area contributed by atoms with E-state index in [2.05, 4.69) is 10.5 Å². The van der Waals surface area contributed by atoms with Gasteiger partial charge in [-0.05, 0) is 23.8 Å². The largest absolute Gasteiger partial charge is 0.497 e. The first kappa shape index (κ1) is 16.9. The quantitative estimate of drug-likeness (QED) is 0.476. The number of hydrazone groups is 1. The number of carbonyl (C=O) groups excluding carboxylic acids is 1. The standard InChI is InChI=1S/C16H15N3O5/c1-23-13-6-4-5-12(9-13)10-17-18-16(20)11-24-15-8-3-2-7-14(15)19(21)22/h2-10H,11H2,1H3,(H,18,20)/b17-10+. The van der Waals surface area contributed by atoms with Gasteiger partial charge in [-0.15, -0.1) is 0 Å². The average Bonchev–Trinajstić information content (AvgIpc) is 2.60. The van der Waals surface area contributed by atoms with Crippen molar-refractivity contribution in [3.63, 3.8) is 0 Å². The Kier molecular flexibility index (Phi) is 5.84. The second kappa shape index (κ2) is 8.28. The lowest BCUT2D eigenvalue weighted by Gasteiger charge is -2.05. The van der Waals surface area contributed by atoms with E-state index in [0.717, 1.165) is 5.56 Å². The molecule has 1 amide bonds. The number of para-hydroxylation sites is 2. The third kappa shape index (κ3) is 4.80. The monoisotopic (exact) mass is 329 g/mol. The smallest absolute Gasteiger partial charge is 0.310 e. The van der Waals surface area contributed by atoms with Crippen LogP contribution in [0.4, 0.5) is 5.69 Å². The zero-order valence-corrected chi connectivity index (χ0v) is 12.8. The fourth-order valence-electron chi connectivity index (χ4n) is 1.81. The highest BCUT2D eigenvalue weighted by Gasteiger charge is 2.14. The molecule has 0 saturated carbocycles. The molecule has 124 valence electrons. The lowest BCUT2D eigenvalue weighted by molar-refractivity contribution is -0.385. The average molecular weight is 329 g/mol. The molecule has 24 heavy (non-hydrogen) atoms. The van der Waals surface area contributed by atoms with Crippen molar-refractivity contribution in [3.8, 4) is 11.5 Å². The molecule has 0 aliphatic heterocycles. The Morgan fingerprint density at radius 2 is 2.08 bits per heavy atom. The highest BCUT2D eigenvalue weighted by atomic mass is 16.6. The van der Waals surface area contributed by atoms with E-state index in [0.29, 0.717) is 5.75 Å². The number of ether oxygens (including phenoxy) is 2. The number of nitrogens with one attached hydrogen (secondary N) is 1. The second-order valence-corrected chi connectivity index (χ2v) is 4.58. The van der Waals surface area contributed by atoms with Gasteiger partial charge in [0.2, 0.25) is 0 Å². The summed E-state index contributed by atoms with van der Waals surface area (Å²) in [5.74, 6) is 0.159. The third-order valence-corrected chi connectivity index (χ3v) is 2.92. The molecule has 2 aromatic carbocycles. The molecule has 0 bridgehead atoms. The van der Waals surface area contributed by atoms with E-state index in [1.807, 2.05) is 0 Å². The Hall–Kier alpha value is -3.42. The number of methoxy groups -OCH3 is 1. The summed E-state index contributed by atoms with van der Waals surface area (Å²) < 4.78 is 10.2. The van der Waals surface area contributed by atoms with Gasteiger partial charge < -0.3 is 9.47 Å². The molecule has 0 fully saturated rings. The molecule has 0 atom stereocenters. The molecule has 8 heteroatoms. The van der Waals surface area contributed by atoms with Crippen molar-refractivity contribution in [2.75, 3.05) is 13.7 Å². The van der Waals surface area contributed by atoms with Crippen molar-refractivity contribution in [1.82, 2.24) is 5.43 Å². The minimum Gasteiger partial charge on any atom is -0.497 e. The first-order valence-corrected chi connectivity index (χ1v) is 6.92. The molecule has 0 aliphatic rings. The van der Waals surface area contributed by atoms with Gasteiger partial charge in [-0.1, -0.05) is 24.3 Å². The Balaban J connectivity index is 1.88. The van der Waals surface area contributed by atoms with Crippen LogP contribution in [0.2, 0.25) is 0 Å². The molecular weight excluding hydrogens is 314 g/mol. The summed E-state index contributed by atoms with van der Waals surface area (Å²) in [4.78, 5) is 21.9. The van der Waals surface area contributed by atoms with E-state index in [1.165, 1.54) is 24.4 Å². The van der Waals surface area contributed by atoms with Crippen LogP contribution in [-0.4, -0.2) is 30.8 Å². The van der Waals surface area contributed by atoms with Gasteiger partial charge in [-0.2, -0.15) is 5.10 Å². The molecule has 1 N–H and O–H groups in total. The number of hydrogen-bond acceptors (Lipinski definition) is 6. The molecule has 2 aromatic rings.